The highest BCUT2D eigenvalue weighted by atomic mass is 16.6. The first-order valence-electron chi connectivity index (χ1n) is 7.91. The molecule has 0 aliphatic carbocycles. The number of carbonyl (C=O) groups excluding carboxylic acids is 1. The predicted molar refractivity (Wildman–Crippen MR) is 86.6 cm³/mol. The van der Waals surface area contributed by atoms with Crippen LogP contribution in [0.4, 0.5) is 4.79 Å². The Kier molecular flexibility index (Phi) is 6.05. The average molecular weight is 299 g/mol. The number of rotatable bonds is 5. The maximum atomic E-state index is 12.2. The Morgan fingerprint density at radius 2 is 1.90 bits per heavy atom. The lowest BCUT2D eigenvalue weighted by Crippen LogP contribution is -2.50. The van der Waals surface area contributed by atoms with Crippen molar-refractivity contribution in [3.05, 3.63) is 0 Å². The van der Waals surface area contributed by atoms with Crippen molar-refractivity contribution >= 4 is 6.09 Å². The molecule has 0 aromatic rings. The Bertz CT molecular complexity index is 348. The van der Waals surface area contributed by atoms with Crippen LogP contribution in [0.25, 0.3) is 0 Å². The summed E-state index contributed by atoms with van der Waals surface area (Å²) in [6.45, 7) is 12.7. The molecule has 1 unspecified atom stereocenters. The van der Waals surface area contributed by atoms with Crippen molar-refractivity contribution < 1.29 is 9.53 Å². The fraction of sp³-hybridized carbons (Fsp3) is 0.938. The standard InChI is InChI=1S/C16H33N3O2/c1-15(2,3)21-14(20)19-10-8-9-13(19)11-17-12-16(4,5)18(6)7/h13,17H,8-12H2,1-7H3. The van der Waals surface area contributed by atoms with Crippen LogP contribution in [0, 0.1) is 0 Å². The van der Waals surface area contributed by atoms with E-state index in [1.54, 1.807) is 0 Å². The minimum atomic E-state index is -0.426. The average Bonchev–Trinajstić information content (AvgIpc) is 2.74. The maximum Gasteiger partial charge on any atom is 0.410 e. The first kappa shape index (κ1) is 18.2. The summed E-state index contributed by atoms with van der Waals surface area (Å²) in [7, 11) is 4.18. The second-order valence-corrected chi connectivity index (χ2v) is 7.81. The van der Waals surface area contributed by atoms with E-state index in [-0.39, 0.29) is 17.7 Å². The topological polar surface area (TPSA) is 44.8 Å². The molecule has 1 N–H and O–H groups in total. The van der Waals surface area contributed by atoms with Gasteiger partial charge in [-0.25, -0.2) is 4.79 Å². The second kappa shape index (κ2) is 6.97. The van der Waals surface area contributed by atoms with Crippen molar-refractivity contribution in [3.8, 4) is 0 Å². The van der Waals surface area contributed by atoms with Crippen molar-refractivity contribution in [1.29, 1.82) is 0 Å². The predicted octanol–water partition coefficient (Wildman–Crippen LogP) is 2.32. The van der Waals surface area contributed by atoms with Crippen molar-refractivity contribution in [2.75, 3.05) is 33.7 Å². The van der Waals surface area contributed by atoms with E-state index in [1.165, 1.54) is 0 Å². The monoisotopic (exact) mass is 299 g/mol. The highest BCUT2D eigenvalue weighted by molar-refractivity contribution is 5.69. The van der Waals surface area contributed by atoms with Crippen LogP contribution >= 0.6 is 0 Å². The Morgan fingerprint density at radius 3 is 2.43 bits per heavy atom. The smallest absolute Gasteiger partial charge is 0.410 e. The molecule has 0 aromatic heterocycles. The molecule has 1 atom stereocenters. The number of likely N-dealkylation sites (tertiary alicyclic amines) is 1. The molecule has 1 rings (SSSR count). The van der Waals surface area contributed by atoms with Gasteiger partial charge in [0.15, 0.2) is 0 Å². The lowest BCUT2D eigenvalue weighted by atomic mass is 10.0. The highest BCUT2D eigenvalue weighted by Crippen LogP contribution is 2.20. The van der Waals surface area contributed by atoms with E-state index in [9.17, 15) is 4.79 Å². The number of nitrogens with zero attached hydrogens (tertiary/aromatic N) is 2. The molecular formula is C16H33N3O2. The lowest BCUT2D eigenvalue weighted by molar-refractivity contribution is 0.0224. The third-order valence-electron chi connectivity index (χ3n) is 4.15. The van der Waals surface area contributed by atoms with Crippen LogP contribution in [0.15, 0.2) is 0 Å². The minimum absolute atomic E-state index is 0.107. The Hall–Kier alpha value is -0.810. The zero-order chi connectivity index (χ0) is 16.3. The molecule has 0 aromatic carbocycles. The molecule has 124 valence electrons. The number of ether oxygens (including phenoxy) is 1. The third-order valence-corrected chi connectivity index (χ3v) is 4.15. The molecule has 1 heterocycles. The molecule has 1 aliphatic heterocycles. The van der Waals surface area contributed by atoms with E-state index in [0.29, 0.717) is 0 Å². The molecule has 5 heteroatoms. The normalized spacial score (nSPS) is 20.2. The second-order valence-electron chi connectivity index (χ2n) is 7.81. The van der Waals surface area contributed by atoms with Gasteiger partial charge >= 0.3 is 6.09 Å². The zero-order valence-electron chi connectivity index (χ0n) is 14.8. The number of hydrogen-bond acceptors (Lipinski definition) is 4. The van der Waals surface area contributed by atoms with Crippen molar-refractivity contribution in [2.45, 2.75) is 64.6 Å². The van der Waals surface area contributed by atoms with Gasteiger partial charge in [-0.2, -0.15) is 0 Å². The molecule has 5 nitrogen and oxygen atoms in total. The van der Waals surface area contributed by atoms with Crippen LogP contribution in [0.1, 0.15) is 47.5 Å². The molecule has 1 amide bonds. The Balaban J connectivity index is 2.46. The molecule has 1 fully saturated rings. The van der Waals surface area contributed by atoms with Gasteiger partial charge in [-0.1, -0.05) is 0 Å². The first-order chi connectivity index (χ1) is 9.53. The Labute approximate surface area is 130 Å². The van der Waals surface area contributed by atoms with Gasteiger partial charge in [-0.15, -0.1) is 0 Å². The third kappa shape index (κ3) is 5.83. The van der Waals surface area contributed by atoms with Gasteiger partial charge < -0.3 is 19.9 Å². The van der Waals surface area contributed by atoms with E-state index in [1.807, 2.05) is 25.7 Å². The van der Waals surface area contributed by atoms with Gasteiger partial charge in [0, 0.05) is 31.2 Å². The fourth-order valence-electron chi connectivity index (χ4n) is 2.31. The lowest BCUT2D eigenvalue weighted by Gasteiger charge is -2.34. The minimum Gasteiger partial charge on any atom is -0.444 e. The SMILES string of the molecule is CN(C)C(C)(C)CNCC1CCCN1C(=O)OC(C)(C)C. The van der Waals surface area contributed by atoms with E-state index in [0.717, 1.165) is 32.5 Å². The van der Waals surface area contributed by atoms with Crippen LogP contribution < -0.4 is 5.32 Å². The number of amides is 1. The van der Waals surface area contributed by atoms with Gasteiger partial charge in [-0.05, 0) is 61.6 Å². The highest BCUT2D eigenvalue weighted by Gasteiger charge is 2.32. The zero-order valence-corrected chi connectivity index (χ0v) is 14.8. The fourth-order valence-corrected chi connectivity index (χ4v) is 2.31. The summed E-state index contributed by atoms with van der Waals surface area (Å²) in [6.07, 6.45) is 1.93. The van der Waals surface area contributed by atoms with E-state index < -0.39 is 5.60 Å². The molecule has 0 radical (unpaired) electrons. The van der Waals surface area contributed by atoms with Gasteiger partial charge in [0.2, 0.25) is 0 Å². The summed E-state index contributed by atoms with van der Waals surface area (Å²) in [6, 6.07) is 0.248. The molecule has 1 aliphatic rings. The summed E-state index contributed by atoms with van der Waals surface area (Å²) >= 11 is 0. The number of hydrogen-bond donors (Lipinski definition) is 1. The van der Waals surface area contributed by atoms with E-state index in [2.05, 4.69) is 38.2 Å². The molecule has 1 saturated heterocycles. The van der Waals surface area contributed by atoms with Crippen molar-refractivity contribution in [2.24, 2.45) is 0 Å². The van der Waals surface area contributed by atoms with Crippen LogP contribution in [0.2, 0.25) is 0 Å². The van der Waals surface area contributed by atoms with E-state index >= 15 is 0 Å². The molecule has 0 saturated carbocycles. The summed E-state index contributed by atoms with van der Waals surface area (Å²) in [5, 5.41) is 3.51. The van der Waals surface area contributed by atoms with Crippen LogP contribution in [0.3, 0.4) is 0 Å². The summed E-state index contributed by atoms with van der Waals surface area (Å²) in [4.78, 5) is 16.3. The van der Waals surface area contributed by atoms with Crippen LogP contribution in [-0.2, 0) is 4.74 Å². The van der Waals surface area contributed by atoms with Crippen LogP contribution in [-0.4, -0.2) is 66.8 Å². The Morgan fingerprint density at radius 1 is 1.29 bits per heavy atom. The molecule has 0 bridgehead atoms. The van der Waals surface area contributed by atoms with Crippen molar-refractivity contribution in [1.82, 2.24) is 15.1 Å². The quantitative estimate of drug-likeness (QED) is 0.846. The molecule has 21 heavy (non-hydrogen) atoms. The number of likely N-dealkylation sites (N-methyl/N-ethyl adjacent to an activating group) is 1. The molecule has 0 spiro atoms. The largest absolute Gasteiger partial charge is 0.444 e. The van der Waals surface area contributed by atoms with Crippen molar-refractivity contribution in [3.63, 3.8) is 0 Å². The summed E-state index contributed by atoms with van der Waals surface area (Å²) < 4.78 is 5.49. The first-order valence-corrected chi connectivity index (χ1v) is 7.91. The van der Waals surface area contributed by atoms with E-state index in [4.69, 9.17) is 4.74 Å². The summed E-state index contributed by atoms with van der Waals surface area (Å²) in [5.41, 5.74) is -0.320. The number of carbonyl (C=O) groups is 1. The van der Waals surface area contributed by atoms with Gasteiger partial charge in [0.1, 0.15) is 5.60 Å². The number of nitrogens with one attached hydrogen (secondary N) is 1. The van der Waals surface area contributed by atoms with Crippen LogP contribution in [0.5, 0.6) is 0 Å². The summed E-state index contributed by atoms with van der Waals surface area (Å²) in [5.74, 6) is 0. The van der Waals surface area contributed by atoms with Gasteiger partial charge in [0.05, 0.1) is 0 Å². The maximum absolute atomic E-state index is 12.2. The molecular weight excluding hydrogens is 266 g/mol. The van der Waals surface area contributed by atoms with Gasteiger partial charge in [-0.3, -0.25) is 0 Å². The van der Waals surface area contributed by atoms with Gasteiger partial charge in [0.25, 0.3) is 0 Å².